The molecule has 12 heteroatoms. The van der Waals surface area contributed by atoms with Crippen molar-refractivity contribution in [2.45, 2.75) is 12.8 Å². The smallest absolute Gasteiger partial charge is 0.415 e. The van der Waals surface area contributed by atoms with Crippen LogP contribution in [-0.2, 0) is 4.74 Å². The van der Waals surface area contributed by atoms with Crippen molar-refractivity contribution in [2.75, 3.05) is 32.1 Å². The maximum atomic E-state index is 14.4. The van der Waals surface area contributed by atoms with E-state index < -0.39 is 17.9 Å². The van der Waals surface area contributed by atoms with E-state index in [4.69, 9.17) is 11.6 Å². The standard InChI is InChI=1S/C20H21ClFN7O3/c1-32-20(31)28-19(30)29-4-2-3-11(10-29)6-23-18-15(22)9-26-17(27-18)14-8-25-16-13(14)5-12(21)7-24-16/h5,7-9,11H,2-4,6,10H2,1H3,(H,24,25)(H,23,26,27)(H,28,30,31). The number of hydrogen-bond acceptors (Lipinski definition) is 7. The van der Waals surface area contributed by atoms with Crippen molar-refractivity contribution in [3.8, 4) is 11.4 Å². The second-order valence-corrected chi connectivity index (χ2v) is 7.84. The van der Waals surface area contributed by atoms with E-state index in [1.54, 1.807) is 12.3 Å². The number of piperidine rings is 1. The zero-order valence-electron chi connectivity index (χ0n) is 17.2. The zero-order chi connectivity index (χ0) is 22.7. The Hall–Kier alpha value is -3.47. The summed E-state index contributed by atoms with van der Waals surface area (Å²) < 4.78 is 18.8. The lowest BCUT2D eigenvalue weighted by molar-refractivity contribution is 0.150. The lowest BCUT2D eigenvalue weighted by Crippen LogP contribution is -2.48. The van der Waals surface area contributed by atoms with Gasteiger partial charge in [-0.15, -0.1) is 0 Å². The molecule has 1 atom stereocenters. The number of pyridine rings is 1. The summed E-state index contributed by atoms with van der Waals surface area (Å²) in [7, 11) is 1.19. The third kappa shape index (κ3) is 4.72. The SMILES string of the molecule is COC(=O)NC(=O)N1CCCC(CNc2nc(-c3c[nH]c4ncc(Cl)cc34)ncc2F)C1. The highest BCUT2D eigenvalue weighted by Gasteiger charge is 2.25. The minimum atomic E-state index is -0.806. The summed E-state index contributed by atoms with van der Waals surface area (Å²) in [5, 5.41) is 6.38. The number of methoxy groups -OCH3 is 1. The Morgan fingerprint density at radius 1 is 1.38 bits per heavy atom. The number of aromatic nitrogens is 4. The summed E-state index contributed by atoms with van der Waals surface area (Å²) in [6.45, 7) is 1.35. The Kier molecular flexibility index (Phi) is 6.35. The number of carbonyl (C=O) groups is 2. The van der Waals surface area contributed by atoms with E-state index in [2.05, 4.69) is 35.3 Å². The molecule has 0 aliphatic carbocycles. The monoisotopic (exact) mass is 461 g/mol. The molecule has 168 valence electrons. The quantitative estimate of drug-likeness (QED) is 0.543. The summed E-state index contributed by atoms with van der Waals surface area (Å²) in [4.78, 5) is 40.6. The highest BCUT2D eigenvalue weighted by atomic mass is 35.5. The third-order valence-electron chi connectivity index (χ3n) is 5.24. The van der Waals surface area contributed by atoms with E-state index in [0.29, 0.717) is 41.7 Å². The Morgan fingerprint density at radius 3 is 3.03 bits per heavy atom. The summed E-state index contributed by atoms with van der Waals surface area (Å²) in [6, 6.07) is 1.23. The highest BCUT2D eigenvalue weighted by Crippen LogP contribution is 2.28. The van der Waals surface area contributed by atoms with Crippen molar-refractivity contribution >= 4 is 40.6 Å². The first-order valence-corrected chi connectivity index (χ1v) is 10.4. The molecule has 0 bridgehead atoms. The number of carbonyl (C=O) groups excluding carboxylic acids is 2. The molecule has 0 radical (unpaired) electrons. The van der Waals surface area contributed by atoms with Gasteiger partial charge in [-0.2, -0.15) is 0 Å². The molecule has 4 heterocycles. The number of hydrogen-bond donors (Lipinski definition) is 3. The molecule has 1 aliphatic rings. The number of nitrogens with zero attached hydrogens (tertiary/aromatic N) is 4. The minimum Gasteiger partial charge on any atom is -0.453 e. The van der Waals surface area contributed by atoms with Gasteiger partial charge in [-0.05, 0) is 24.8 Å². The molecular formula is C20H21ClFN7O3. The van der Waals surface area contributed by atoms with E-state index in [9.17, 15) is 14.0 Å². The van der Waals surface area contributed by atoms with Crippen LogP contribution in [0.4, 0.5) is 19.8 Å². The summed E-state index contributed by atoms with van der Waals surface area (Å²) in [5.41, 5.74) is 1.28. The fourth-order valence-electron chi connectivity index (χ4n) is 3.66. The van der Waals surface area contributed by atoms with Gasteiger partial charge in [0.25, 0.3) is 0 Å². The van der Waals surface area contributed by atoms with Crippen LogP contribution in [0.15, 0.2) is 24.7 Å². The van der Waals surface area contributed by atoms with Crippen LogP contribution in [0.2, 0.25) is 5.02 Å². The minimum absolute atomic E-state index is 0.0565. The Balaban J connectivity index is 1.45. The van der Waals surface area contributed by atoms with Crippen LogP contribution in [0.25, 0.3) is 22.4 Å². The zero-order valence-corrected chi connectivity index (χ0v) is 17.9. The molecule has 0 spiro atoms. The number of alkyl carbamates (subject to hydrolysis) is 1. The number of urea groups is 1. The molecule has 1 unspecified atom stereocenters. The van der Waals surface area contributed by atoms with E-state index in [1.165, 1.54) is 18.2 Å². The van der Waals surface area contributed by atoms with Gasteiger partial charge in [0.05, 0.1) is 18.3 Å². The molecule has 1 saturated heterocycles. The molecule has 0 aromatic carbocycles. The number of likely N-dealkylation sites (tertiary alicyclic amines) is 1. The van der Waals surface area contributed by atoms with Crippen LogP contribution in [0.5, 0.6) is 0 Å². The largest absolute Gasteiger partial charge is 0.453 e. The fraction of sp³-hybridized carbons (Fsp3) is 0.350. The number of halogens is 2. The Morgan fingerprint density at radius 2 is 2.22 bits per heavy atom. The second-order valence-electron chi connectivity index (χ2n) is 7.40. The number of imide groups is 1. The molecule has 1 aliphatic heterocycles. The number of ether oxygens (including phenoxy) is 1. The van der Waals surface area contributed by atoms with Crippen molar-refractivity contribution in [3.05, 3.63) is 35.5 Å². The van der Waals surface area contributed by atoms with E-state index in [1.807, 2.05) is 0 Å². The van der Waals surface area contributed by atoms with Crippen molar-refractivity contribution in [1.82, 2.24) is 30.2 Å². The summed E-state index contributed by atoms with van der Waals surface area (Å²) in [6.07, 6.45) is 5.15. The average molecular weight is 462 g/mol. The van der Waals surface area contributed by atoms with Crippen LogP contribution < -0.4 is 10.6 Å². The number of amides is 3. The van der Waals surface area contributed by atoms with Crippen LogP contribution in [0, 0.1) is 11.7 Å². The molecule has 3 aromatic rings. The molecule has 0 saturated carbocycles. The first kappa shape index (κ1) is 21.8. The van der Waals surface area contributed by atoms with Crippen LogP contribution in [-0.4, -0.2) is 63.7 Å². The van der Waals surface area contributed by atoms with Gasteiger partial charge in [0.15, 0.2) is 17.5 Å². The number of anilines is 1. The first-order chi connectivity index (χ1) is 15.4. The topological polar surface area (TPSA) is 125 Å². The van der Waals surface area contributed by atoms with E-state index in [-0.39, 0.29) is 11.7 Å². The maximum absolute atomic E-state index is 14.4. The molecule has 3 aromatic heterocycles. The van der Waals surface area contributed by atoms with Crippen molar-refractivity contribution < 1.29 is 18.7 Å². The van der Waals surface area contributed by atoms with Crippen molar-refractivity contribution in [3.63, 3.8) is 0 Å². The second kappa shape index (κ2) is 9.35. The van der Waals surface area contributed by atoms with E-state index in [0.717, 1.165) is 24.4 Å². The molecule has 10 nitrogen and oxygen atoms in total. The van der Waals surface area contributed by atoms with Crippen molar-refractivity contribution in [2.24, 2.45) is 5.92 Å². The lowest BCUT2D eigenvalue weighted by Gasteiger charge is -2.32. The predicted octanol–water partition coefficient (Wildman–Crippen LogP) is 3.41. The number of nitrogens with one attached hydrogen (secondary N) is 3. The molecule has 3 amide bonds. The molecule has 32 heavy (non-hydrogen) atoms. The van der Waals surface area contributed by atoms with Gasteiger partial charge in [-0.1, -0.05) is 11.6 Å². The summed E-state index contributed by atoms with van der Waals surface area (Å²) in [5.74, 6) is -0.135. The normalized spacial score (nSPS) is 16.1. The number of H-pyrrole nitrogens is 1. The van der Waals surface area contributed by atoms with Crippen LogP contribution in [0.3, 0.4) is 0 Å². The average Bonchev–Trinajstić information content (AvgIpc) is 3.21. The molecule has 3 N–H and O–H groups in total. The lowest BCUT2D eigenvalue weighted by atomic mass is 9.98. The molecule has 4 rings (SSSR count). The number of rotatable bonds is 4. The highest BCUT2D eigenvalue weighted by molar-refractivity contribution is 6.31. The Bertz CT molecular complexity index is 1160. The van der Waals surface area contributed by atoms with Gasteiger partial charge in [0, 0.05) is 43.0 Å². The van der Waals surface area contributed by atoms with Gasteiger partial charge in [0.1, 0.15) is 5.65 Å². The van der Waals surface area contributed by atoms with Gasteiger partial charge < -0.3 is 19.9 Å². The van der Waals surface area contributed by atoms with Crippen LogP contribution >= 0.6 is 11.6 Å². The van der Waals surface area contributed by atoms with Crippen molar-refractivity contribution in [1.29, 1.82) is 0 Å². The molecular weight excluding hydrogens is 441 g/mol. The first-order valence-electron chi connectivity index (χ1n) is 9.98. The fourth-order valence-corrected chi connectivity index (χ4v) is 3.82. The number of aromatic amines is 1. The van der Waals surface area contributed by atoms with Crippen LogP contribution in [0.1, 0.15) is 12.8 Å². The number of fused-ring (bicyclic) bond motifs is 1. The predicted molar refractivity (Wildman–Crippen MR) is 116 cm³/mol. The van der Waals surface area contributed by atoms with Gasteiger partial charge in [-0.25, -0.2) is 34.2 Å². The van der Waals surface area contributed by atoms with Gasteiger partial charge in [-0.3, -0.25) is 0 Å². The summed E-state index contributed by atoms with van der Waals surface area (Å²) >= 11 is 6.05. The van der Waals surface area contributed by atoms with E-state index >= 15 is 0 Å². The van der Waals surface area contributed by atoms with Gasteiger partial charge >= 0.3 is 12.1 Å². The van der Waals surface area contributed by atoms with Gasteiger partial charge in [0.2, 0.25) is 0 Å². The maximum Gasteiger partial charge on any atom is 0.415 e. The Labute approximate surface area is 187 Å². The third-order valence-corrected chi connectivity index (χ3v) is 5.45. The molecule has 1 fully saturated rings.